The van der Waals surface area contributed by atoms with E-state index in [0.29, 0.717) is 25.7 Å². The lowest BCUT2D eigenvalue weighted by molar-refractivity contribution is -0.251. The topological polar surface area (TPSA) is 52.6 Å². The van der Waals surface area contributed by atoms with E-state index >= 15 is 0 Å². The molecule has 0 aromatic heterocycles. The maximum absolute atomic E-state index is 12.6. The highest BCUT2D eigenvalue weighted by atomic mass is 19.4. The zero-order valence-corrected chi connectivity index (χ0v) is 12.9. The number of carbonyl (C=O) groups is 2. The van der Waals surface area contributed by atoms with Gasteiger partial charge >= 0.3 is 18.1 Å². The van der Waals surface area contributed by atoms with Crippen LogP contribution in [0.3, 0.4) is 0 Å². The van der Waals surface area contributed by atoms with Crippen LogP contribution in [0.1, 0.15) is 45.4 Å². The molecule has 0 heterocycles. The Hall–Kier alpha value is -1.53. The van der Waals surface area contributed by atoms with Crippen LogP contribution >= 0.6 is 0 Å². The predicted molar refractivity (Wildman–Crippen MR) is 73.2 cm³/mol. The van der Waals surface area contributed by atoms with Gasteiger partial charge in [0.2, 0.25) is 0 Å². The van der Waals surface area contributed by atoms with E-state index < -0.39 is 29.3 Å². The van der Waals surface area contributed by atoms with Gasteiger partial charge in [-0.05, 0) is 50.9 Å². The molecule has 0 spiro atoms. The third-order valence-corrected chi connectivity index (χ3v) is 5.15. The van der Waals surface area contributed by atoms with Gasteiger partial charge in [-0.25, -0.2) is 9.59 Å². The lowest BCUT2D eigenvalue weighted by Crippen LogP contribution is -2.62. The summed E-state index contributed by atoms with van der Waals surface area (Å²) >= 11 is 0. The van der Waals surface area contributed by atoms with Crippen LogP contribution in [0.5, 0.6) is 0 Å². The minimum atomic E-state index is -5.01. The van der Waals surface area contributed by atoms with Crippen molar-refractivity contribution in [1.82, 2.24) is 0 Å². The van der Waals surface area contributed by atoms with E-state index in [9.17, 15) is 22.8 Å². The number of hydrogen-bond acceptors (Lipinski definition) is 4. The van der Waals surface area contributed by atoms with Crippen molar-refractivity contribution in [3.63, 3.8) is 0 Å². The van der Waals surface area contributed by atoms with Crippen LogP contribution in [0.25, 0.3) is 0 Å². The van der Waals surface area contributed by atoms with Gasteiger partial charge in [0.15, 0.2) is 0 Å². The molecule has 4 aliphatic rings. The van der Waals surface area contributed by atoms with Gasteiger partial charge in [0.1, 0.15) is 11.2 Å². The molecule has 4 aliphatic carbocycles. The second-order valence-corrected chi connectivity index (χ2v) is 7.38. The Morgan fingerprint density at radius 1 is 1.04 bits per heavy atom. The molecule has 4 fully saturated rings. The minimum absolute atomic E-state index is 0.121. The average Bonchev–Trinajstić information content (AvgIpc) is 2.34. The van der Waals surface area contributed by atoms with Crippen LogP contribution < -0.4 is 0 Å². The number of esters is 2. The van der Waals surface area contributed by atoms with Crippen LogP contribution in [-0.4, -0.2) is 29.3 Å². The first-order valence-corrected chi connectivity index (χ1v) is 7.72. The summed E-state index contributed by atoms with van der Waals surface area (Å²) in [6.45, 7) is 5.07. The zero-order valence-electron chi connectivity index (χ0n) is 12.9. The third-order valence-electron chi connectivity index (χ3n) is 5.15. The molecule has 0 aromatic carbocycles. The Morgan fingerprint density at radius 2 is 1.52 bits per heavy atom. The molecular weight excluding hydrogens is 313 g/mol. The lowest BCUT2D eigenvalue weighted by Gasteiger charge is -2.60. The average molecular weight is 332 g/mol. The molecule has 2 atom stereocenters. The first-order chi connectivity index (χ1) is 10.5. The van der Waals surface area contributed by atoms with Gasteiger partial charge in [-0.15, -0.1) is 0 Å². The summed E-state index contributed by atoms with van der Waals surface area (Å²) in [5.41, 5.74) is -1.74. The Labute approximate surface area is 132 Å². The molecule has 0 amide bonds. The van der Waals surface area contributed by atoms with Crippen LogP contribution in [-0.2, 0) is 19.1 Å². The van der Waals surface area contributed by atoms with Crippen LogP contribution in [0, 0.1) is 11.8 Å². The maximum atomic E-state index is 12.6. The molecule has 0 saturated heterocycles. The highest BCUT2D eigenvalue weighted by Crippen LogP contribution is 2.60. The van der Waals surface area contributed by atoms with Crippen LogP contribution in [0.15, 0.2) is 12.2 Å². The van der Waals surface area contributed by atoms with Crippen molar-refractivity contribution in [2.45, 2.75) is 62.8 Å². The van der Waals surface area contributed by atoms with Gasteiger partial charge in [-0.2, -0.15) is 13.2 Å². The Morgan fingerprint density at radius 3 is 1.96 bits per heavy atom. The van der Waals surface area contributed by atoms with E-state index in [-0.39, 0.29) is 23.8 Å². The summed E-state index contributed by atoms with van der Waals surface area (Å²) in [7, 11) is 0. The maximum Gasteiger partial charge on any atom is 0.490 e. The smallest absolute Gasteiger partial charge is 0.456 e. The number of carbonyl (C=O) groups excluding carboxylic acids is 2. The summed E-state index contributed by atoms with van der Waals surface area (Å²) in [5.74, 6) is -2.45. The summed E-state index contributed by atoms with van der Waals surface area (Å²) < 4.78 is 48.2. The monoisotopic (exact) mass is 332 g/mol. The molecule has 7 heteroatoms. The Bertz CT molecular complexity index is 552. The van der Waals surface area contributed by atoms with E-state index in [1.165, 1.54) is 6.92 Å². The summed E-state index contributed by atoms with van der Waals surface area (Å²) in [5, 5.41) is 0. The van der Waals surface area contributed by atoms with E-state index in [1.807, 2.05) is 0 Å². The summed E-state index contributed by atoms with van der Waals surface area (Å²) in [6.07, 6.45) is -1.91. The molecule has 128 valence electrons. The van der Waals surface area contributed by atoms with Crippen molar-refractivity contribution < 1.29 is 32.2 Å². The van der Waals surface area contributed by atoms with Crippen molar-refractivity contribution in [3.05, 3.63) is 12.2 Å². The Kier molecular flexibility index (Phi) is 3.54. The molecule has 4 nitrogen and oxygen atoms in total. The quantitative estimate of drug-likeness (QED) is 0.588. The van der Waals surface area contributed by atoms with Crippen molar-refractivity contribution in [3.8, 4) is 0 Å². The fourth-order valence-electron chi connectivity index (χ4n) is 4.87. The van der Waals surface area contributed by atoms with Crippen LogP contribution in [0.2, 0.25) is 0 Å². The minimum Gasteiger partial charge on any atom is -0.456 e. The van der Waals surface area contributed by atoms with E-state index in [1.54, 1.807) is 0 Å². The zero-order chi connectivity index (χ0) is 17.0. The van der Waals surface area contributed by atoms with Crippen molar-refractivity contribution in [2.75, 3.05) is 0 Å². The van der Waals surface area contributed by atoms with E-state index in [4.69, 9.17) is 9.47 Å². The fraction of sp³-hybridized carbons (Fsp3) is 0.750. The molecule has 23 heavy (non-hydrogen) atoms. The molecule has 0 aromatic rings. The number of rotatable bonds is 3. The van der Waals surface area contributed by atoms with Gasteiger partial charge in [0, 0.05) is 12.0 Å². The SMILES string of the molecule is C=C(C)C(=O)OC12CC3CC(C1)CC(OC(=O)C(F)(F)F)(C3)C2. The molecule has 0 N–H and O–H groups in total. The van der Waals surface area contributed by atoms with Gasteiger partial charge < -0.3 is 9.47 Å². The molecule has 4 saturated carbocycles. The first-order valence-electron chi connectivity index (χ1n) is 7.72. The third kappa shape index (κ3) is 2.97. The normalized spacial score (nSPS) is 38.3. The number of halogens is 3. The molecule has 2 unspecified atom stereocenters. The highest BCUT2D eigenvalue weighted by Gasteiger charge is 2.62. The predicted octanol–water partition coefficient (Wildman–Crippen LogP) is 3.30. The summed E-state index contributed by atoms with van der Waals surface area (Å²) in [6, 6.07) is 0. The first kappa shape index (κ1) is 16.3. The van der Waals surface area contributed by atoms with Crippen LogP contribution in [0.4, 0.5) is 13.2 Å². The van der Waals surface area contributed by atoms with Crippen molar-refractivity contribution in [1.29, 1.82) is 0 Å². The lowest BCUT2D eigenvalue weighted by atomic mass is 9.52. The number of hydrogen-bond donors (Lipinski definition) is 0. The molecule has 4 bridgehead atoms. The number of ether oxygens (including phenoxy) is 2. The van der Waals surface area contributed by atoms with Crippen molar-refractivity contribution in [2.24, 2.45) is 11.8 Å². The van der Waals surface area contributed by atoms with Crippen molar-refractivity contribution >= 4 is 11.9 Å². The molecule has 0 aliphatic heterocycles. The highest BCUT2D eigenvalue weighted by molar-refractivity contribution is 5.87. The number of alkyl halides is 3. The van der Waals surface area contributed by atoms with Gasteiger partial charge in [0.05, 0.1) is 0 Å². The fourth-order valence-corrected chi connectivity index (χ4v) is 4.87. The molecule has 0 radical (unpaired) electrons. The van der Waals surface area contributed by atoms with E-state index in [2.05, 4.69) is 6.58 Å². The largest absolute Gasteiger partial charge is 0.490 e. The second-order valence-electron chi connectivity index (χ2n) is 7.38. The van der Waals surface area contributed by atoms with Gasteiger partial charge in [-0.1, -0.05) is 6.58 Å². The van der Waals surface area contributed by atoms with Gasteiger partial charge in [0.25, 0.3) is 0 Å². The second kappa shape index (κ2) is 4.98. The molecule has 4 rings (SSSR count). The van der Waals surface area contributed by atoms with E-state index in [0.717, 1.165) is 6.42 Å². The standard InChI is InChI=1S/C16H19F3O4/c1-9(2)12(20)22-14-4-10-3-11(5-14)7-15(6-10,8-14)23-13(21)16(17,18)19/h10-11H,1,3-8H2,2H3. The van der Waals surface area contributed by atoms with Gasteiger partial charge in [-0.3, -0.25) is 0 Å². The summed E-state index contributed by atoms with van der Waals surface area (Å²) in [4.78, 5) is 23.2. The molecular formula is C16H19F3O4. The Balaban J connectivity index is 1.83.